The van der Waals surface area contributed by atoms with Crippen molar-refractivity contribution in [3.8, 4) is 5.75 Å². The van der Waals surface area contributed by atoms with E-state index in [1.54, 1.807) is 31.3 Å². The van der Waals surface area contributed by atoms with Crippen LogP contribution in [0.3, 0.4) is 0 Å². The average Bonchev–Trinajstić information content (AvgIpc) is 3.47. The van der Waals surface area contributed by atoms with E-state index in [0.29, 0.717) is 28.9 Å². The van der Waals surface area contributed by atoms with Crippen LogP contribution in [0, 0.1) is 12.7 Å². The van der Waals surface area contributed by atoms with E-state index in [0.717, 1.165) is 62.6 Å². The highest BCUT2D eigenvalue weighted by molar-refractivity contribution is 5.94. The quantitative estimate of drug-likeness (QED) is 0.267. The third-order valence-electron chi connectivity index (χ3n) is 8.03. The van der Waals surface area contributed by atoms with E-state index in [1.807, 2.05) is 29.2 Å². The molecular weight excluding hydrogens is 531 g/mol. The van der Waals surface area contributed by atoms with E-state index >= 15 is 0 Å². The molecule has 216 valence electrons. The van der Waals surface area contributed by atoms with Crippen LogP contribution in [0.4, 0.5) is 27.5 Å². The first-order valence-electron chi connectivity index (χ1n) is 14.4. The molecule has 1 saturated heterocycles. The summed E-state index contributed by atoms with van der Waals surface area (Å²) in [6.45, 7) is 4.88. The number of anilines is 4. The molecular formula is C33H35FN6O2. The van der Waals surface area contributed by atoms with Gasteiger partial charge < -0.3 is 20.3 Å². The molecule has 9 heteroatoms. The number of fused-ring (bicyclic) bond motifs is 1. The molecule has 0 radical (unpaired) electrons. The highest BCUT2D eigenvalue weighted by Crippen LogP contribution is 2.27. The van der Waals surface area contributed by atoms with Crippen LogP contribution in [-0.2, 0) is 13.0 Å². The number of likely N-dealkylation sites (tertiary alicyclic amines) is 1. The standard InChI is InChI=1S/C33H35FN6O2/c1-22-19-27(8-9-29(22)34)36-31-11-15-35-33(38-31)37-26-6-4-24(5-7-26)32(41)40-16-12-28(13-17-40)39(2)21-23-3-10-30-25(20-23)14-18-42-30/h3-11,15,19-20,28H,12-14,16-18,21H2,1-2H3,(H2,35,36,37,38). The molecule has 1 amide bonds. The fraction of sp³-hybridized carbons (Fsp3) is 0.303. The second-order valence-corrected chi connectivity index (χ2v) is 11.0. The van der Waals surface area contributed by atoms with Crippen LogP contribution >= 0.6 is 0 Å². The van der Waals surface area contributed by atoms with Gasteiger partial charge in [0.05, 0.1) is 6.61 Å². The predicted molar refractivity (Wildman–Crippen MR) is 162 cm³/mol. The maximum absolute atomic E-state index is 13.6. The number of piperidine rings is 1. The summed E-state index contributed by atoms with van der Waals surface area (Å²) in [6, 6.07) is 20.9. The van der Waals surface area contributed by atoms with Gasteiger partial charge in [0.15, 0.2) is 0 Å². The molecule has 1 aromatic heterocycles. The second kappa shape index (κ2) is 12.2. The molecule has 6 rings (SSSR count). The topological polar surface area (TPSA) is 82.6 Å². The van der Waals surface area contributed by atoms with E-state index in [9.17, 15) is 9.18 Å². The van der Waals surface area contributed by atoms with Crippen LogP contribution in [0.1, 0.15) is 39.9 Å². The van der Waals surface area contributed by atoms with Gasteiger partial charge in [0.25, 0.3) is 5.91 Å². The lowest BCUT2D eigenvalue weighted by atomic mass is 10.0. The molecule has 42 heavy (non-hydrogen) atoms. The van der Waals surface area contributed by atoms with Gasteiger partial charge in [-0.15, -0.1) is 0 Å². The lowest BCUT2D eigenvalue weighted by Crippen LogP contribution is -2.45. The van der Waals surface area contributed by atoms with Crippen LogP contribution < -0.4 is 15.4 Å². The Morgan fingerprint density at radius 2 is 1.81 bits per heavy atom. The first-order chi connectivity index (χ1) is 20.4. The molecule has 2 N–H and O–H groups in total. The summed E-state index contributed by atoms with van der Waals surface area (Å²) in [5.74, 6) is 1.82. The molecule has 3 heterocycles. The lowest BCUT2D eigenvalue weighted by Gasteiger charge is -2.37. The van der Waals surface area contributed by atoms with Crippen LogP contribution in [-0.4, -0.2) is 58.5 Å². The third kappa shape index (κ3) is 6.36. The minimum Gasteiger partial charge on any atom is -0.493 e. The molecule has 0 bridgehead atoms. The fourth-order valence-electron chi connectivity index (χ4n) is 5.63. The van der Waals surface area contributed by atoms with Crippen molar-refractivity contribution < 1.29 is 13.9 Å². The molecule has 0 aliphatic carbocycles. The van der Waals surface area contributed by atoms with Crippen LogP contribution in [0.15, 0.2) is 72.9 Å². The molecule has 1 fully saturated rings. The first kappa shape index (κ1) is 27.7. The number of nitrogens with zero attached hydrogens (tertiary/aromatic N) is 4. The van der Waals surface area contributed by atoms with Crippen molar-refractivity contribution in [2.75, 3.05) is 37.4 Å². The zero-order chi connectivity index (χ0) is 29.1. The third-order valence-corrected chi connectivity index (χ3v) is 8.03. The van der Waals surface area contributed by atoms with Crippen molar-refractivity contribution in [2.24, 2.45) is 0 Å². The Morgan fingerprint density at radius 1 is 1.02 bits per heavy atom. The normalized spacial score (nSPS) is 14.9. The molecule has 0 spiro atoms. The molecule has 0 unspecified atom stereocenters. The SMILES string of the molecule is Cc1cc(Nc2ccnc(Nc3ccc(C(=O)N4CCC(N(C)Cc5ccc6c(c5)CCO6)CC4)cc3)n2)ccc1F. The van der Waals surface area contributed by atoms with Crippen molar-refractivity contribution >= 4 is 29.0 Å². The molecule has 4 aromatic rings. The molecule has 3 aromatic carbocycles. The summed E-state index contributed by atoms with van der Waals surface area (Å²) < 4.78 is 19.2. The Kier molecular flexibility index (Phi) is 8.01. The summed E-state index contributed by atoms with van der Waals surface area (Å²) in [7, 11) is 2.18. The summed E-state index contributed by atoms with van der Waals surface area (Å²) >= 11 is 0. The summed E-state index contributed by atoms with van der Waals surface area (Å²) in [5.41, 5.74) is 5.35. The minimum absolute atomic E-state index is 0.0540. The highest BCUT2D eigenvalue weighted by Gasteiger charge is 2.26. The zero-order valence-corrected chi connectivity index (χ0v) is 23.9. The molecule has 8 nitrogen and oxygen atoms in total. The smallest absolute Gasteiger partial charge is 0.253 e. The number of aromatic nitrogens is 2. The Balaban J connectivity index is 1.01. The number of aryl methyl sites for hydroxylation is 1. The van der Waals surface area contributed by atoms with Gasteiger partial charge in [-0.1, -0.05) is 12.1 Å². The predicted octanol–water partition coefficient (Wildman–Crippen LogP) is 6.08. The van der Waals surface area contributed by atoms with Crippen LogP contribution in [0.2, 0.25) is 0 Å². The van der Waals surface area contributed by atoms with Gasteiger partial charge in [-0.05, 0) is 98.1 Å². The Morgan fingerprint density at radius 3 is 2.60 bits per heavy atom. The maximum Gasteiger partial charge on any atom is 0.253 e. The molecule has 0 saturated carbocycles. The number of hydrogen-bond acceptors (Lipinski definition) is 7. The van der Waals surface area contributed by atoms with Crippen molar-refractivity contribution in [3.05, 3.63) is 101 Å². The highest BCUT2D eigenvalue weighted by atomic mass is 19.1. The van der Waals surface area contributed by atoms with E-state index in [4.69, 9.17) is 4.74 Å². The Bertz CT molecular complexity index is 1570. The van der Waals surface area contributed by atoms with Crippen molar-refractivity contribution in [1.29, 1.82) is 0 Å². The van der Waals surface area contributed by atoms with Gasteiger partial charge in [0.1, 0.15) is 17.4 Å². The summed E-state index contributed by atoms with van der Waals surface area (Å²) in [6.07, 6.45) is 4.54. The van der Waals surface area contributed by atoms with Gasteiger partial charge in [0.2, 0.25) is 5.95 Å². The number of halogens is 1. The number of nitrogens with one attached hydrogen (secondary N) is 2. The number of rotatable bonds is 8. The Labute approximate surface area is 245 Å². The van der Waals surface area contributed by atoms with Crippen LogP contribution in [0.25, 0.3) is 0 Å². The van der Waals surface area contributed by atoms with E-state index < -0.39 is 0 Å². The largest absolute Gasteiger partial charge is 0.493 e. The average molecular weight is 567 g/mol. The minimum atomic E-state index is -0.248. The zero-order valence-electron chi connectivity index (χ0n) is 23.9. The number of ether oxygens (including phenoxy) is 1. The first-order valence-corrected chi connectivity index (χ1v) is 14.4. The fourth-order valence-corrected chi connectivity index (χ4v) is 5.63. The second-order valence-electron chi connectivity index (χ2n) is 11.0. The maximum atomic E-state index is 13.6. The van der Waals surface area contributed by atoms with Crippen molar-refractivity contribution in [2.45, 2.75) is 38.8 Å². The monoisotopic (exact) mass is 566 g/mol. The molecule has 2 aliphatic rings. The van der Waals surface area contributed by atoms with Crippen molar-refractivity contribution in [3.63, 3.8) is 0 Å². The molecule has 0 atom stereocenters. The number of amides is 1. The van der Waals surface area contributed by atoms with Gasteiger partial charge in [-0.25, -0.2) is 9.37 Å². The number of carbonyl (C=O) groups excluding carboxylic acids is 1. The number of benzene rings is 3. The van der Waals surface area contributed by atoms with E-state index in [2.05, 4.69) is 50.7 Å². The number of carbonyl (C=O) groups is 1. The van der Waals surface area contributed by atoms with Gasteiger partial charge in [-0.3, -0.25) is 9.69 Å². The summed E-state index contributed by atoms with van der Waals surface area (Å²) in [4.78, 5) is 26.4. The van der Waals surface area contributed by atoms with Gasteiger partial charge in [-0.2, -0.15) is 4.98 Å². The van der Waals surface area contributed by atoms with E-state index in [-0.39, 0.29) is 11.7 Å². The van der Waals surface area contributed by atoms with Crippen molar-refractivity contribution in [1.82, 2.24) is 19.8 Å². The summed E-state index contributed by atoms with van der Waals surface area (Å²) in [5, 5.41) is 6.36. The van der Waals surface area contributed by atoms with Gasteiger partial charge in [0, 0.05) is 55.2 Å². The number of hydrogen-bond donors (Lipinski definition) is 2. The Hall–Kier alpha value is -4.50. The van der Waals surface area contributed by atoms with Gasteiger partial charge >= 0.3 is 0 Å². The molecule has 2 aliphatic heterocycles. The lowest BCUT2D eigenvalue weighted by molar-refractivity contribution is 0.0639. The van der Waals surface area contributed by atoms with E-state index in [1.165, 1.54) is 17.2 Å². The van der Waals surface area contributed by atoms with Crippen LogP contribution in [0.5, 0.6) is 5.75 Å².